The standard InChI is InChI=1S/C16H25NO2/c1-13(14-7-6-8-15(11-14)19-2)17-12-16(18)9-4-3-5-10-16/h6-8,11,13,17-18H,3-5,9-10,12H2,1-2H3/t13-/m0/s1. The van der Waals surface area contributed by atoms with Crippen LogP contribution in [0, 0.1) is 0 Å². The summed E-state index contributed by atoms with van der Waals surface area (Å²) >= 11 is 0. The Bertz CT molecular complexity index is 399. The zero-order chi connectivity index (χ0) is 13.7. The molecule has 0 saturated heterocycles. The van der Waals surface area contributed by atoms with Crippen LogP contribution >= 0.6 is 0 Å². The molecule has 0 aliphatic heterocycles. The number of aliphatic hydroxyl groups is 1. The van der Waals surface area contributed by atoms with Gasteiger partial charge in [0, 0.05) is 12.6 Å². The van der Waals surface area contributed by atoms with Gasteiger partial charge in [-0.2, -0.15) is 0 Å². The van der Waals surface area contributed by atoms with Gasteiger partial charge in [-0.3, -0.25) is 0 Å². The van der Waals surface area contributed by atoms with Crippen LogP contribution in [0.25, 0.3) is 0 Å². The van der Waals surface area contributed by atoms with Crippen LogP contribution in [-0.4, -0.2) is 24.4 Å². The van der Waals surface area contributed by atoms with Crippen molar-refractivity contribution in [1.29, 1.82) is 0 Å². The summed E-state index contributed by atoms with van der Waals surface area (Å²) in [4.78, 5) is 0. The topological polar surface area (TPSA) is 41.5 Å². The Morgan fingerprint density at radius 3 is 2.74 bits per heavy atom. The third kappa shape index (κ3) is 3.95. The number of methoxy groups -OCH3 is 1. The molecule has 3 heteroatoms. The molecule has 0 heterocycles. The summed E-state index contributed by atoms with van der Waals surface area (Å²) in [6.45, 7) is 2.80. The van der Waals surface area contributed by atoms with E-state index in [1.807, 2.05) is 18.2 Å². The normalized spacial score (nSPS) is 19.9. The van der Waals surface area contributed by atoms with Gasteiger partial charge in [0.2, 0.25) is 0 Å². The van der Waals surface area contributed by atoms with Crippen LogP contribution in [0.5, 0.6) is 5.75 Å². The predicted molar refractivity (Wildman–Crippen MR) is 77.4 cm³/mol. The molecule has 0 amide bonds. The maximum atomic E-state index is 10.5. The molecular formula is C16H25NO2. The summed E-state index contributed by atoms with van der Waals surface area (Å²) in [5.74, 6) is 0.877. The summed E-state index contributed by atoms with van der Waals surface area (Å²) in [5, 5.41) is 13.9. The summed E-state index contributed by atoms with van der Waals surface area (Å²) in [6, 6.07) is 8.31. The fourth-order valence-electron chi connectivity index (χ4n) is 2.76. The number of nitrogens with one attached hydrogen (secondary N) is 1. The Balaban J connectivity index is 1.91. The molecule has 1 aromatic rings. The van der Waals surface area contributed by atoms with Crippen molar-refractivity contribution in [3.05, 3.63) is 29.8 Å². The van der Waals surface area contributed by atoms with Gasteiger partial charge in [-0.1, -0.05) is 31.4 Å². The van der Waals surface area contributed by atoms with Gasteiger partial charge in [0.1, 0.15) is 5.75 Å². The zero-order valence-electron chi connectivity index (χ0n) is 12.0. The predicted octanol–water partition coefficient (Wildman–Crippen LogP) is 3.04. The number of rotatable bonds is 5. The molecule has 0 radical (unpaired) electrons. The minimum atomic E-state index is -0.509. The quantitative estimate of drug-likeness (QED) is 0.858. The Kier molecular flexibility index (Phi) is 4.83. The Morgan fingerprint density at radius 2 is 2.05 bits per heavy atom. The summed E-state index contributed by atoms with van der Waals surface area (Å²) < 4.78 is 5.24. The lowest BCUT2D eigenvalue weighted by atomic mass is 9.84. The van der Waals surface area contributed by atoms with E-state index in [2.05, 4.69) is 18.3 Å². The molecule has 1 aromatic carbocycles. The van der Waals surface area contributed by atoms with Crippen LogP contribution in [0.1, 0.15) is 50.6 Å². The van der Waals surface area contributed by atoms with Crippen molar-refractivity contribution in [3.8, 4) is 5.75 Å². The van der Waals surface area contributed by atoms with E-state index in [0.29, 0.717) is 6.54 Å². The van der Waals surface area contributed by atoms with Crippen LogP contribution in [-0.2, 0) is 0 Å². The van der Waals surface area contributed by atoms with E-state index < -0.39 is 5.60 Å². The first kappa shape index (κ1) is 14.4. The van der Waals surface area contributed by atoms with E-state index in [9.17, 15) is 5.11 Å². The third-order valence-corrected chi connectivity index (χ3v) is 4.12. The molecule has 0 unspecified atom stereocenters. The molecule has 1 saturated carbocycles. The molecular weight excluding hydrogens is 238 g/mol. The van der Waals surface area contributed by atoms with Gasteiger partial charge in [-0.05, 0) is 37.5 Å². The van der Waals surface area contributed by atoms with E-state index >= 15 is 0 Å². The van der Waals surface area contributed by atoms with Gasteiger partial charge >= 0.3 is 0 Å². The molecule has 106 valence electrons. The van der Waals surface area contributed by atoms with Crippen molar-refractivity contribution in [3.63, 3.8) is 0 Å². The van der Waals surface area contributed by atoms with Gasteiger partial charge in [0.15, 0.2) is 0 Å². The van der Waals surface area contributed by atoms with Gasteiger partial charge in [0.25, 0.3) is 0 Å². The van der Waals surface area contributed by atoms with Crippen molar-refractivity contribution < 1.29 is 9.84 Å². The van der Waals surface area contributed by atoms with Crippen LogP contribution in [0.15, 0.2) is 24.3 Å². The number of hydrogen-bond acceptors (Lipinski definition) is 3. The molecule has 1 fully saturated rings. The van der Waals surface area contributed by atoms with Crippen molar-refractivity contribution in [2.45, 2.75) is 50.7 Å². The highest BCUT2D eigenvalue weighted by atomic mass is 16.5. The van der Waals surface area contributed by atoms with E-state index in [-0.39, 0.29) is 6.04 Å². The first-order valence-electron chi connectivity index (χ1n) is 7.23. The average Bonchev–Trinajstić information content (AvgIpc) is 2.46. The van der Waals surface area contributed by atoms with E-state index in [0.717, 1.165) is 31.4 Å². The smallest absolute Gasteiger partial charge is 0.119 e. The van der Waals surface area contributed by atoms with Crippen LogP contribution in [0.2, 0.25) is 0 Å². The summed E-state index contributed by atoms with van der Waals surface area (Å²) in [7, 11) is 1.68. The van der Waals surface area contributed by atoms with Crippen LogP contribution in [0.4, 0.5) is 0 Å². The minimum Gasteiger partial charge on any atom is -0.497 e. The van der Waals surface area contributed by atoms with Crippen molar-refractivity contribution in [2.75, 3.05) is 13.7 Å². The fourth-order valence-corrected chi connectivity index (χ4v) is 2.76. The molecule has 19 heavy (non-hydrogen) atoms. The highest BCUT2D eigenvalue weighted by molar-refractivity contribution is 5.30. The molecule has 1 aliphatic rings. The second-order valence-electron chi connectivity index (χ2n) is 5.66. The van der Waals surface area contributed by atoms with Crippen molar-refractivity contribution in [2.24, 2.45) is 0 Å². The lowest BCUT2D eigenvalue weighted by Crippen LogP contribution is -2.42. The summed E-state index contributed by atoms with van der Waals surface area (Å²) in [5.41, 5.74) is 0.685. The van der Waals surface area contributed by atoms with Gasteiger partial charge < -0.3 is 15.2 Å². The van der Waals surface area contributed by atoms with Crippen molar-refractivity contribution >= 4 is 0 Å². The highest BCUT2D eigenvalue weighted by Crippen LogP contribution is 2.28. The van der Waals surface area contributed by atoms with Gasteiger partial charge in [-0.15, -0.1) is 0 Å². The van der Waals surface area contributed by atoms with Crippen molar-refractivity contribution in [1.82, 2.24) is 5.32 Å². The minimum absolute atomic E-state index is 0.223. The second kappa shape index (κ2) is 6.40. The fraction of sp³-hybridized carbons (Fsp3) is 0.625. The Labute approximate surface area is 116 Å². The van der Waals surface area contributed by atoms with E-state index in [1.165, 1.54) is 12.0 Å². The van der Waals surface area contributed by atoms with Gasteiger partial charge in [-0.25, -0.2) is 0 Å². The van der Waals surface area contributed by atoms with Crippen LogP contribution < -0.4 is 10.1 Å². The van der Waals surface area contributed by atoms with E-state index in [1.54, 1.807) is 7.11 Å². The molecule has 2 N–H and O–H groups in total. The molecule has 3 nitrogen and oxygen atoms in total. The van der Waals surface area contributed by atoms with Crippen LogP contribution in [0.3, 0.4) is 0 Å². The highest BCUT2D eigenvalue weighted by Gasteiger charge is 2.29. The first-order chi connectivity index (χ1) is 9.13. The second-order valence-corrected chi connectivity index (χ2v) is 5.66. The largest absolute Gasteiger partial charge is 0.497 e. The number of benzene rings is 1. The number of hydrogen-bond donors (Lipinski definition) is 2. The maximum absolute atomic E-state index is 10.5. The zero-order valence-corrected chi connectivity index (χ0v) is 12.0. The Morgan fingerprint density at radius 1 is 1.32 bits per heavy atom. The molecule has 0 aromatic heterocycles. The lowest BCUT2D eigenvalue weighted by molar-refractivity contribution is 0.00300. The summed E-state index contributed by atoms with van der Waals surface area (Å²) in [6.07, 6.45) is 5.39. The monoisotopic (exact) mass is 263 g/mol. The molecule has 2 rings (SSSR count). The SMILES string of the molecule is COc1cccc([C@H](C)NCC2(O)CCCCC2)c1. The Hall–Kier alpha value is -1.06. The molecule has 1 atom stereocenters. The molecule has 0 bridgehead atoms. The van der Waals surface area contributed by atoms with Gasteiger partial charge in [0.05, 0.1) is 12.7 Å². The third-order valence-electron chi connectivity index (χ3n) is 4.12. The number of ether oxygens (including phenoxy) is 1. The maximum Gasteiger partial charge on any atom is 0.119 e. The molecule has 1 aliphatic carbocycles. The average molecular weight is 263 g/mol. The molecule has 0 spiro atoms. The lowest BCUT2D eigenvalue weighted by Gasteiger charge is -2.33. The first-order valence-corrected chi connectivity index (χ1v) is 7.23. The van der Waals surface area contributed by atoms with E-state index in [4.69, 9.17) is 4.74 Å².